The molecule has 0 bridgehead atoms. The molecule has 3 heteroatoms. The van der Waals surface area contributed by atoms with Crippen LogP contribution in [-0.2, 0) is 0 Å². The molecule has 0 aliphatic carbocycles. The second-order valence-corrected chi connectivity index (χ2v) is 3.90. The molecule has 1 rings (SSSR count). The van der Waals surface area contributed by atoms with Crippen LogP contribution in [0.25, 0.3) is 0 Å². The lowest BCUT2D eigenvalue weighted by molar-refractivity contribution is 0.420. The zero-order valence-corrected chi connectivity index (χ0v) is 8.71. The second-order valence-electron chi connectivity index (χ2n) is 3.90. The molecule has 0 radical (unpaired) electrons. The van der Waals surface area contributed by atoms with Gasteiger partial charge in [-0.3, -0.25) is 0 Å². The van der Waals surface area contributed by atoms with Crippen molar-refractivity contribution >= 4 is 0 Å². The van der Waals surface area contributed by atoms with E-state index in [1.54, 1.807) is 13.0 Å². The van der Waals surface area contributed by atoms with Crippen molar-refractivity contribution in [2.24, 2.45) is 11.7 Å². The lowest BCUT2D eigenvalue weighted by Gasteiger charge is -2.18. The minimum absolute atomic E-state index is 0.0220. The summed E-state index contributed by atoms with van der Waals surface area (Å²) in [5.74, 6) is -0.363. The number of phenolic OH excluding ortho intramolecular Hbond substituents is 1. The molecule has 2 nitrogen and oxygen atoms in total. The Labute approximate surface area is 83.6 Å². The molecule has 14 heavy (non-hydrogen) atoms. The van der Waals surface area contributed by atoms with Crippen molar-refractivity contribution in [3.63, 3.8) is 0 Å². The monoisotopic (exact) mass is 197 g/mol. The molecular weight excluding hydrogens is 181 g/mol. The van der Waals surface area contributed by atoms with E-state index in [-0.39, 0.29) is 17.2 Å². The van der Waals surface area contributed by atoms with Gasteiger partial charge >= 0.3 is 0 Å². The Balaban J connectivity index is 3.25. The van der Waals surface area contributed by atoms with E-state index in [1.807, 2.05) is 13.8 Å². The normalized spacial score (nSPS) is 13.3. The number of hydrogen-bond acceptors (Lipinski definition) is 2. The predicted octanol–water partition coefficient (Wildman–Crippen LogP) is 2.50. The van der Waals surface area contributed by atoms with Gasteiger partial charge in [0.15, 0.2) is 0 Å². The molecule has 0 unspecified atom stereocenters. The molecule has 0 fully saturated rings. The molecule has 0 spiro atoms. The third-order valence-corrected chi connectivity index (χ3v) is 2.42. The third-order valence-electron chi connectivity index (χ3n) is 2.42. The summed E-state index contributed by atoms with van der Waals surface area (Å²) in [6.07, 6.45) is 0. The van der Waals surface area contributed by atoms with Crippen LogP contribution in [0.3, 0.4) is 0 Å². The van der Waals surface area contributed by atoms with Crippen molar-refractivity contribution in [3.8, 4) is 5.75 Å². The minimum Gasteiger partial charge on any atom is -0.507 e. The molecular formula is C11H16FNO. The summed E-state index contributed by atoms with van der Waals surface area (Å²) in [6, 6.07) is 2.42. The Bertz CT molecular complexity index is 336. The van der Waals surface area contributed by atoms with E-state index >= 15 is 0 Å². The number of nitrogens with two attached hydrogens (primary N) is 1. The van der Waals surface area contributed by atoms with Crippen LogP contribution in [0.1, 0.15) is 31.0 Å². The van der Waals surface area contributed by atoms with Crippen molar-refractivity contribution in [1.29, 1.82) is 0 Å². The largest absolute Gasteiger partial charge is 0.507 e. The maximum Gasteiger partial charge on any atom is 0.131 e. The van der Waals surface area contributed by atoms with Crippen LogP contribution >= 0.6 is 0 Å². The van der Waals surface area contributed by atoms with Crippen LogP contribution in [0.15, 0.2) is 12.1 Å². The molecule has 3 N–H and O–H groups in total. The van der Waals surface area contributed by atoms with Crippen molar-refractivity contribution in [1.82, 2.24) is 0 Å². The van der Waals surface area contributed by atoms with Crippen LogP contribution < -0.4 is 5.73 Å². The number of aryl methyl sites for hydroxylation is 1. The highest BCUT2D eigenvalue weighted by molar-refractivity contribution is 5.42. The molecule has 0 amide bonds. The number of halogens is 1. The molecule has 1 aromatic rings. The van der Waals surface area contributed by atoms with Gasteiger partial charge in [-0.25, -0.2) is 4.39 Å². The van der Waals surface area contributed by atoms with Crippen LogP contribution in [-0.4, -0.2) is 5.11 Å². The Morgan fingerprint density at radius 3 is 2.43 bits per heavy atom. The SMILES string of the molecule is Cc1ccc(F)c([C@@H](N)C(C)C)c1O. The summed E-state index contributed by atoms with van der Waals surface area (Å²) >= 11 is 0. The summed E-state index contributed by atoms with van der Waals surface area (Å²) in [7, 11) is 0. The molecule has 78 valence electrons. The van der Waals surface area contributed by atoms with Gasteiger partial charge in [-0.1, -0.05) is 19.9 Å². The highest BCUT2D eigenvalue weighted by Gasteiger charge is 2.20. The molecule has 0 heterocycles. The molecule has 0 saturated carbocycles. The van der Waals surface area contributed by atoms with E-state index in [4.69, 9.17) is 5.73 Å². The van der Waals surface area contributed by atoms with Crippen LogP contribution in [0.4, 0.5) is 4.39 Å². The zero-order chi connectivity index (χ0) is 10.9. The fraction of sp³-hybridized carbons (Fsp3) is 0.455. The van der Waals surface area contributed by atoms with E-state index in [0.717, 1.165) is 0 Å². The van der Waals surface area contributed by atoms with Gasteiger partial charge in [0.2, 0.25) is 0 Å². The van der Waals surface area contributed by atoms with Gasteiger partial charge in [0.05, 0.1) is 0 Å². The van der Waals surface area contributed by atoms with Gasteiger partial charge in [0.25, 0.3) is 0 Å². The Kier molecular flexibility index (Phi) is 3.11. The average Bonchev–Trinajstić information content (AvgIpc) is 2.12. The Morgan fingerprint density at radius 1 is 1.36 bits per heavy atom. The van der Waals surface area contributed by atoms with Crippen molar-refractivity contribution in [3.05, 3.63) is 29.1 Å². The average molecular weight is 197 g/mol. The zero-order valence-electron chi connectivity index (χ0n) is 8.71. The smallest absolute Gasteiger partial charge is 0.131 e. The fourth-order valence-electron chi connectivity index (χ4n) is 1.34. The second kappa shape index (κ2) is 3.96. The lowest BCUT2D eigenvalue weighted by Crippen LogP contribution is -2.18. The lowest BCUT2D eigenvalue weighted by atomic mass is 9.94. The summed E-state index contributed by atoms with van der Waals surface area (Å²) in [6.45, 7) is 5.52. The van der Waals surface area contributed by atoms with Crippen LogP contribution in [0.2, 0.25) is 0 Å². The summed E-state index contributed by atoms with van der Waals surface area (Å²) < 4.78 is 13.4. The third kappa shape index (κ3) is 1.87. The number of benzene rings is 1. The van der Waals surface area contributed by atoms with Crippen molar-refractivity contribution in [2.75, 3.05) is 0 Å². The van der Waals surface area contributed by atoms with Gasteiger partial charge in [0.1, 0.15) is 11.6 Å². The van der Waals surface area contributed by atoms with Gasteiger partial charge in [-0.15, -0.1) is 0 Å². The van der Waals surface area contributed by atoms with E-state index in [2.05, 4.69) is 0 Å². The van der Waals surface area contributed by atoms with Gasteiger partial charge in [0, 0.05) is 11.6 Å². The maximum absolute atomic E-state index is 13.4. The first-order valence-electron chi connectivity index (χ1n) is 4.68. The molecule has 0 aromatic heterocycles. The Hall–Kier alpha value is -1.09. The molecule has 1 aromatic carbocycles. The number of phenols is 1. The first-order chi connectivity index (χ1) is 6.45. The fourth-order valence-corrected chi connectivity index (χ4v) is 1.34. The first kappa shape index (κ1) is 11.0. The molecule has 0 aliphatic rings. The first-order valence-corrected chi connectivity index (χ1v) is 4.68. The maximum atomic E-state index is 13.4. The number of rotatable bonds is 2. The highest BCUT2D eigenvalue weighted by Crippen LogP contribution is 2.32. The van der Waals surface area contributed by atoms with E-state index in [1.165, 1.54) is 6.07 Å². The van der Waals surface area contributed by atoms with E-state index in [0.29, 0.717) is 5.56 Å². The number of aromatic hydroxyl groups is 1. The number of hydrogen-bond donors (Lipinski definition) is 2. The minimum atomic E-state index is -0.463. The quantitative estimate of drug-likeness (QED) is 0.765. The van der Waals surface area contributed by atoms with Crippen LogP contribution in [0.5, 0.6) is 5.75 Å². The van der Waals surface area contributed by atoms with E-state index < -0.39 is 11.9 Å². The standard InChI is InChI=1S/C11H16FNO/c1-6(2)10(13)9-8(12)5-4-7(3)11(9)14/h4-6,10,14H,13H2,1-3H3/t10-/m0/s1. The highest BCUT2D eigenvalue weighted by atomic mass is 19.1. The Morgan fingerprint density at radius 2 is 1.93 bits per heavy atom. The van der Waals surface area contributed by atoms with Gasteiger partial charge in [-0.2, -0.15) is 0 Å². The van der Waals surface area contributed by atoms with Crippen molar-refractivity contribution in [2.45, 2.75) is 26.8 Å². The topological polar surface area (TPSA) is 46.2 Å². The summed E-state index contributed by atoms with van der Waals surface area (Å²) in [5, 5.41) is 9.68. The van der Waals surface area contributed by atoms with Crippen molar-refractivity contribution < 1.29 is 9.50 Å². The summed E-state index contributed by atoms with van der Waals surface area (Å²) in [5.41, 5.74) is 6.68. The van der Waals surface area contributed by atoms with Crippen LogP contribution in [0, 0.1) is 18.7 Å². The molecule has 0 aliphatic heterocycles. The van der Waals surface area contributed by atoms with Gasteiger partial charge in [-0.05, 0) is 24.5 Å². The molecule has 1 atom stereocenters. The summed E-state index contributed by atoms with van der Waals surface area (Å²) in [4.78, 5) is 0. The molecule has 0 saturated heterocycles. The predicted molar refractivity (Wildman–Crippen MR) is 54.6 cm³/mol. The van der Waals surface area contributed by atoms with Gasteiger partial charge < -0.3 is 10.8 Å². The van der Waals surface area contributed by atoms with E-state index in [9.17, 15) is 9.50 Å².